The molecule has 0 fully saturated rings. The van der Waals surface area contributed by atoms with Gasteiger partial charge in [0.05, 0.1) is 9.92 Å². The number of hydrogen-bond acceptors (Lipinski definition) is 4. The molecule has 5 nitrogen and oxygen atoms in total. The van der Waals surface area contributed by atoms with Crippen molar-refractivity contribution in [3.8, 4) is 0 Å². The molecule has 0 aliphatic rings. The first-order valence-corrected chi connectivity index (χ1v) is 7.92. The number of hydrogen-bond donors (Lipinski definition) is 2. The fraction of sp³-hybridized carbons (Fsp3) is 0. The van der Waals surface area contributed by atoms with Gasteiger partial charge >= 0.3 is 0 Å². The molecule has 0 radical (unpaired) electrons. The second kappa shape index (κ2) is 5.65. The molecule has 0 bridgehead atoms. The van der Waals surface area contributed by atoms with Crippen molar-refractivity contribution < 1.29 is 13.2 Å². The quantitative estimate of drug-likeness (QED) is 0.659. The monoisotopic (exact) mass is 344 g/mol. The van der Waals surface area contributed by atoms with Crippen LogP contribution in [-0.4, -0.2) is 14.2 Å². The molecule has 0 saturated heterocycles. The highest BCUT2D eigenvalue weighted by Gasteiger charge is 2.19. The number of anilines is 1. The molecule has 21 heavy (non-hydrogen) atoms. The second-order valence-corrected chi connectivity index (χ2v) is 6.65. The SMILES string of the molecule is Nc1ccc(Cl)cc1C(=O)c1cc(S(N)(=O)=O)ccc1Cl. The summed E-state index contributed by atoms with van der Waals surface area (Å²) in [5.41, 5.74) is 6.06. The van der Waals surface area contributed by atoms with Crippen LogP contribution in [0, 0.1) is 0 Å². The molecule has 110 valence electrons. The molecule has 2 aromatic carbocycles. The number of nitrogen functional groups attached to an aromatic ring is 1. The second-order valence-electron chi connectivity index (χ2n) is 4.25. The third kappa shape index (κ3) is 3.36. The van der Waals surface area contributed by atoms with Crippen LogP contribution in [-0.2, 0) is 10.0 Å². The Morgan fingerprint density at radius 2 is 1.67 bits per heavy atom. The number of halogens is 2. The summed E-state index contributed by atoms with van der Waals surface area (Å²) in [5, 5.41) is 5.46. The fourth-order valence-corrected chi connectivity index (χ4v) is 2.64. The van der Waals surface area contributed by atoms with E-state index < -0.39 is 15.8 Å². The third-order valence-corrected chi connectivity index (χ3v) is 4.25. The standard InChI is InChI=1S/C13H10Cl2N2O3S/c14-7-1-4-12(16)10(5-7)13(18)9-6-8(21(17,19)20)2-3-11(9)15/h1-6H,16H2,(H2,17,19,20). The van der Waals surface area contributed by atoms with Crippen molar-refractivity contribution in [3.05, 3.63) is 57.6 Å². The van der Waals surface area contributed by atoms with Gasteiger partial charge in [0.2, 0.25) is 10.0 Å². The Labute approximate surface area is 131 Å². The molecule has 2 aromatic rings. The Morgan fingerprint density at radius 1 is 1.00 bits per heavy atom. The van der Waals surface area contributed by atoms with Crippen LogP contribution in [0.2, 0.25) is 10.0 Å². The molecule has 4 N–H and O–H groups in total. The van der Waals surface area contributed by atoms with Gasteiger partial charge in [-0.25, -0.2) is 13.6 Å². The summed E-state index contributed by atoms with van der Waals surface area (Å²) in [6, 6.07) is 8.02. The lowest BCUT2D eigenvalue weighted by Crippen LogP contribution is -2.14. The van der Waals surface area contributed by atoms with Gasteiger partial charge in [0, 0.05) is 21.8 Å². The molecule has 0 aromatic heterocycles. The maximum atomic E-state index is 12.5. The van der Waals surface area contributed by atoms with Gasteiger partial charge in [-0.15, -0.1) is 0 Å². The molecule has 8 heteroatoms. The molecule has 0 heterocycles. The summed E-state index contributed by atoms with van der Waals surface area (Å²) in [7, 11) is -3.94. The Kier molecular flexibility index (Phi) is 4.25. The number of nitrogens with two attached hydrogens (primary N) is 2. The Hall–Kier alpha value is -1.60. The van der Waals surface area contributed by atoms with Gasteiger partial charge in [0.1, 0.15) is 0 Å². The molecule has 0 saturated carbocycles. The maximum Gasteiger partial charge on any atom is 0.238 e. The highest BCUT2D eigenvalue weighted by molar-refractivity contribution is 7.89. The number of rotatable bonds is 3. The topological polar surface area (TPSA) is 103 Å². The molecule has 2 rings (SSSR count). The largest absolute Gasteiger partial charge is 0.398 e. The molecule has 0 amide bonds. The van der Waals surface area contributed by atoms with Crippen molar-refractivity contribution in [2.75, 3.05) is 5.73 Å². The first-order valence-electron chi connectivity index (χ1n) is 5.62. The van der Waals surface area contributed by atoms with E-state index in [2.05, 4.69) is 0 Å². The van der Waals surface area contributed by atoms with E-state index in [0.29, 0.717) is 5.02 Å². The van der Waals surface area contributed by atoms with Gasteiger partial charge in [-0.1, -0.05) is 23.2 Å². The predicted octanol–water partition coefficient (Wildman–Crippen LogP) is 2.45. The number of benzene rings is 2. The fourth-order valence-electron chi connectivity index (χ4n) is 1.73. The normalized spacial score (nSPS) is 11.4. The van der Waals surface area contributed by atoms with Gasteiger partial charge in [0.25, 0.3) is 0 Å². The van der Waals surface area contributed by atoms with Gasteiger partial charge in [0.15, 0.2) is 5.78 Å². The van der Waals surface area contributed by atoms with E-state index in [0.717, 1.165) is 6.07 Å². The molecular formula is C13H10Cl2N2O3S. The van der Waals surface area contributed by atoms with Crippen LogP contribution < -0.4 is 10.9 Å². The Morgan fingerprint density at radius 3 is 2.29 bits per heavy atom. The lowest BCUT2D eigenvalue weighted by molar-refractivity contribution is 0.103. The zero-order chi connectivity index (χ0) is 15.8. The van der Waals surface area contributed by atoms with E-state index in [4.69, 9.17) is 34.1 Å². The van der Waals surface area contributed by atoms with E-state index in [1.165, 1.54) is 30.3 Å². The molecule has 0 aliphatic carbocycles. The first kappa shape index (κ1) is 15.8. The van der Waals surface area contributed by atoms with Crippen molar-refractivity contribution in [1.82, 2.24) is 0 Å². The lowest BCUT2D eigenvalue weighted by atomic mass is 10.0. The minimum atomic E-state index is -3.94. The number of primary sulfonamides is 1. The maximum absolute atomic E-state index is 12.5. The summed E-state index contributed by atoms with van der Waals surface area (Å²) < 4.78 is 22.7. The van der Waals surface area contributed by atoms with Crippen LogP contribution >= 0.6 is 23.2 Å². The highest BCUT2D eigenvalue weighted by Crippen LogP contribution is 2.26. The van der Waals surface area contributed by atoms with Crippen molar-refractivity contribution in [3.63, 3.8) is 0 Å². The number of sulfonamides is 1. The first-order chi connectivity index (χ1) is 9.70. The summed E-state index contributed by atoms with van der Waals surface area (Å²) in [4.78, 5) is 12.2. The van der Waals surface area contributed by atoms with Gasteiger partial charge in [-0.05, 0) is 36.4 Å². The van der Waals surface area contributed by atoms with Crippen LogP contribution in [0.3, 0.4) is 0 Å². The summed E-state index contributed by atoms with van der Waals surface area (Å²) in [6.07, 6.45) is 0. The van der Waals surface area contributed by atoms with Crippen molar-refractivity contribution in [2.45, 2.75) is 4.90 Å². The van der Waals surface area contributed by atoms with Crippen LogP contribution in [0.5, 0.6) is 0 Å². The van der Waals surface area contributed by atoms with E-state index in [-0.39, 0.29) is 26.7 Å². The lowest BCUT2D eigenvalue weighted by Gasteiger charge is -2.08. The van der Waals surface area contributed by atoms with Gasteiger partial charge in [-0.3, -0.25) is 4.79 Å². The molecule has 0 aliphatic heterocycles. The highest BCUT2D eigenvalue weighted by atomic mass is 35.5. The van der Waals surface area contributed by atoms with Crippen molar-refractivity contribution >= 4 is 44.7 Å². The third-order valence-electron chi connectivity index (χ3n) is 2.77. The van der Waals surface area contributed by atoms with Crippen molar-refractivity contribution in [2.24, 2.45) is 5.14 Å². The molecule has 0 unspecified atom stereocenters. The van der Waals surface area contributed by atoms with E-state index >= 15 is 0 Å². The minimum Gasteiger partial charge on any atom is -0.398 e. The van der Waals surface area contributed by atoms with E-state index in [1.807, 2.05) is 0 Å². The molecular weight excluding hydrogens is 335 g/mol. The average molecular weight is 345 g/mol. The van der Waals surface area contributed by atoms with Crippen LogP contribution in [0.15, 0.2) is 41.3 Å². The molecule has 0 spiro atoms. The number of ketones is 1. The Balaban J connectivity index is 2.61. The zero-order valence-corrected chi connectivity index (χ0v) is 12.8. The van der Waals surface area contributed by atoms with Gasteiger partial charge < -0.3 is 5.73 Å². The number of carbonyl (C=O) groups excluding carboxylic acids is 1. The van der Waals surface area contributed by atoms with E-state index in [9.17, 15) is 13.2 Å². The Bertz CT molecular complexity index is 835. The molecule has 0 atom stereocenters. The minimum absolute atomic E-state index is 0.0165. The summed E-state index contributed by atoms with van der Waals surface area (Å²) >= 11 is 11.8. The zero-order valence-electron chi connectivity index (χ0n) is 10.5. The summed E-state index contributed by atoms with van der Waals surface area (Å²) in [6.45, 7) is 0. The van der Waals surface area contributed by atoms with E-state index in [1.54, 1.807) is 0 Å². The average Bonchev–Trinajstić information content (AvgIpc) is 2.40. The van der Waals surface area contributed by atoms with Crippen LogP contribution in [0.25, 0.3) is 0 Å². The van der Waals surface area contributed by atoms with Crippen LogP contribution in [0.1, 0.15) is 15.9 Å². The van der Waals surface area contributed by atoms with Crippen LogP contribution in [0.4, 0.5) is 5.69 Å². The van der Waals surface area contributed by atoms with Gasteiger partial charge in [-0.2, -0.15) is 0 Å². The smallest absolute Gasteiger partial charge is 0.238 e. The number of carbonyl (C=O) groups is 1. The summed E-state index contributed by atoms with van der Waals surface area (Å²) in [5.74, 6) is -0.537. The van der Waals surface area contributed by atoms with Crippen molar-refractivity contribution in [1.29, 1.82) is 0 Å². The predicted molar refractivity (Wildman–Crippen MR) is 82.1 cm³/mol.